The number of carbonyl (C=O) groups is 2. The fourth-order valence-electron chi connectivity index (χ4n) is 3.29. The van der Waals surface area contributed by atoms with Gasteiger partial charge in [-0.3, -0.25) is 14.5 Å². The first-order chi connectivity index (χ1) is 9.70. The average Bonchev–Trinajstić information content (AvgIpc) is 2.94. The number of nitrogens with one attached hydrogen (secondary N) is 1. The van der Waals surface area contributed by atoms with Crippen molar-refractivity contribution in [3.05, 3.63) is 0 Å². The van der Waals surface area contributed by atoms with Crippen LogP contribution in [-0.4, -0.2) is 49.1 Å². The molecule has 1 unspecified atom stereocenters. The largest absolute Gasteiger partial charge is 0.468 e. The second-order valence-corrected chi connectivity index (χ2v) is 5.87. The van der Waals surface area contributed by atoms with Gasteiger partial charge in [0, 0.05) is 19.0 Å². The van der Waals surface area contributed by atoms with Gasteiger partial charge in [0.1, 0.15) is 6.04 Å². The third kappa shape index (κ3) is 4.20. The van der Waals surface area contributed by atoms with Gasteiger partial charge >= 0.3 is 5.97 Å². The number of hydrogen-bond acceptors (Lipinski definition) is 4. The quantitative estimate of drug-likeness (QED) is 0.776. The Hall–Kier alpha value is -1.10. The zero-order valence-corrected chi connectivity index (χ0v) is 12.4. The maximum atomic E-state index is 12.0. The first kappa shape index (κ1) is 15.3. The predicted molar refractivity (Wildman–Crippen MR) is 76.2 cm³/mol. The van der Waals surface area contributed by atoms with E-state index in [-0.39, 0.29) is 17.9 Å². The van der Waals surface area contributed by atoms with Crippen LogP contribution in [0.5, 0.6) is 0 Å². The van der Waals surface area contributed by atoms with E-state index < -0.39 is 0 Å². The lowest BCUT2D eigenvalue weighted by Crippen LogP contribution is -2.41. The number of likely N-dealkylation sites (tertiary alicyclic amines) is 1. The van der Waals surface area contributed by atoms with E-state index in [1.165, 1.54) is 26.4 Å². The molecule has 0 spiro atoms. The lowest BCUT2D eigenvalue weighted by Gasteiger charge is -2.25. The minimum absolute atomic E-state index is 0.118. The number of methoxy groups -OCH3 is 1. The maximum Gasteiger partial charge on any atom is 0.323 e. The van der Waals surface area contributed by atoms with E-state index in [1.54, 1.807) is 0 Å². The van der Waals surface area contributed by atoms with Crippen LogP contribution >= 0.6 is 0 Å². The molecular weight excluding hydrogens is 256 g/mol. The second-order valence-electron chi connectivity index (χ2n) is 5.87. The van der Waals surface area contributed by atoms with Crippen molar-refractivity contribution in [1.82, 2.24) is 10.2 Å². The molecule has 1 heterocycles. The summed E-state index contributed by atoms with van der Waals surface area (Å²) in [5.41, 5.74) is 0. The minimum Gasteiger partial charge on any atom is -0.468 e. The fraction of sp³-hybridized carbons (Fsp3) is 0.867. The molecule has 1 N–H and O–H groups in total. The molecule has 1 aliphatic carbocycles. The van der Waals surface area contributed by atoms with E-state index in [2.05, 4.69) is 10.2 Å². The Morgan fingerprint density at radius 2 is 1.90 bits per heavy atom. The molecule has 1 saturated heterocycles. The van der Waals surface area contributed by atoms with Crippen molar-refractivity contribution in [1.29, 1.82) is 0 Å². The summed E-state index contributed by atoms with van der Waals surface area (Å²) >= 11 is 0. The third-order valence-corrected chi connectivity index (χ3v) is 4.43. The van der Waals surface area contributed by atoms with Crippen molar-refractivity contribution < 1.29 is 14.3 Å². The van der Waals surface area contributed by atoms with E-state index in [9.17, 15) is 9.59 Å². The van der Waals surface area contributed by atoms with Gasteiger partial charge in [0.15, 0.2) is 0 Å². The molecule has 2 fully saturated rings. The zero-order chi connectivity index (χ0) is 14.4. The van der Waals surface area contributed by atoms with Crippen molar-refractivity contribution >= 4 is 11.9 Å². The van der Waals surface area contributed by atoms with Crippen molar-refractivity contribution in [3.63, 3.8) is 0 Å². The summed E-state index contributed by atoms with van der Waals surface area (Å²) in [4.78, 5) is 25.7. The molecule has 1 aliphatic heterocycles. The molecule has 114 valence electrons. The number of ether oxygens (including phenoxy) is 1. The van der Waals surface area contributed by atoms with Gasteiger partial charge < -0.3 is 10.1 Å². The van der Waals surface area contributed by atoms with E-state index in [4.69, 9.17) is 4.74 Å². The highest BCUT2D eigenvalue weighted by molar-refractivity contribution is 5.77. The first-order valence-corrected chi connectivity index (χ1v) is 7.82. The molecule has 0 aromatic carbocycles. The SMILES string of the molecule is COC(=O)C1CCCN1CCC(=O)NC1CCCCC1. The Balaban J connectivity index is 1.70. The van der Waals surface area contributed by atoms with Crippen molar-refractivity contribution in [2.45, 2.75) is 63.5 Å². The normalized spacial score (nSPS) is 24.6. The average molecular weight is 282 g/mol. The smallest absolute Gasteiger partial charge is 0.323 e. The molecule has 0 bridgehead atoms. The number of nitrogens with zero attached hydrogens (tertiary/aromatic N) is 1. The van der Waals surface area contributed by atoms with Crippen LogP contribution in [0.4, 0.5) is 0 Å². The Labute approximate surface area is 121 Å². The summed E-state index contributed by atoms with van der Waals surface area (Å²) in [7, 11) is 1.43. The van der Waals surface area contributed by atoms with Gasteiger partial charge in [0.25, 0.3) is 0 Å². The van der Waals surface area contributed by atoms with Gasteiger partial charge in [-0.05, 0) is 32.2 Å². The van der Waals surface area contributed by atoms with Crippen molar-refractivity contribution in [3.8, 4) is 0 Å². The van der Waals surface area contributed by atoms with Gasteiger partial charge in [0.2, 0.25) is 5.91 Å². The van der Waals surface area contributed by atoms with Crippen molar-refractivity contribution in [2.24, 2.45) is 0 Å². The molecule has 0 radical (unpaired) electrons. The Morgan fingerprint density at radius 1 is 1.15 bits per heavy atom. The van der Waals surface area contributed by atoms with Crippen LogP contribution in [0, 0.1) is 0 Å². The molecule has 2 rings (SSSR count). The molecular formula is C15H26N2O3. The van der Waals surface area contributed by atoms with Crippen LogP contribution in [0.15, 0.2) is 0 Å². The van der Waals surface area contributed by atoms with Gasteiger partial charge in [-0.2, -0.15) is 0 Å². The Morgan fingerprint density at radius 3 is 2.60 bits per heavy atom. The number of amides is 1. The van der Waals surface area contributed by atoms with E-state index >= 15 is 0 Å². The zero-order valence-electron chi connectivity index (χ0n) is 12.4. The molecule has 20 heavy (non-hydrogen) atoms. The van der Waals surface area contributed by atoms with Crippen LogP contribution in [0.2, 0.25) is 0 Å². The highest BCUT2D eigenvalue weighted by Gasteiger charge is 2.31. The van der Waals surface area contributed by atoms with Crippen LogP contribution in [-0.2, 0) is 14.3 Å². The van der Waals surface area contributed by atoms with Gasteiger partial charge in [-0.15, -0.1) is 0 Å². The Bertz CT molecular complexity index is 340. The molecule has 1 saturated carbocycles. The summed E-state index contributed by atoms with van der Waals surface area (Å²) in [6.45, 7) is 1.54. The van der Waals surface area contributed by atoms with Crippen LogP contribution < -0.4 is 5.32 Å². The summed E-state index contributed by atoms with van der Waals surface area (Å²) in [6, 6.07) is 0.216. The highest BCUT2D eigenvalue weighted by Crippen LogP contribution is 2.19. The first-order valence-electron chi connectivity index (χ1n) is 7.82. The second kappa shape index (κ2) is 7.62. The van der Waals surface area contributed by atoms with E-state index in [1.807, 2.05) is 0 Å². The number of hydrogen-bond donors (Lipinski definition) is 1. The van der Waals surface area contributed by atoms with E-state index in [0.717, 1.165) is 32.2 Å². The minimum atomic E-state index is -0.171. The molecule has 2 aliphatic rings. The lowest BCUT2D eigenvalue weighted by atomic mass is 9.95. The van der Waals surface area contributed by atoms with Crippen LogP contribution in [0.3, 0.4) is 0 Å². The summed E-state index contributed by atoms with van der Waals surface area (Å²) < 4.78 is 4.81. The summed E-state index contributed by atoms with van der Waals surface area (Å²) in [6.07, 6.45) is 8.29. The lowest BCUT2D eigenvalue weighted by molar-refractivity contribution is -0.146. The number of carbonyl (C=O) groups excluding carboxylic acids is 2. The van der Waals surface area contributed by atoms with Gasteiger partial charge in [-0.25, -0.2) is 0 Å². The van der Waals surface area contributed by atoms with E-state index in [0.29, 0.717) is 19.0 Å². The highest BCUT2D eigenvalue weighted by atomic mass is 16.5. The molecule has 0 aromatic heterocycles. The van der Waals surface area contributed by atoms with Crippen molar-refractivity contribution in [2.75, 3.05) is 20.2 Å². The summed E-state index contributed by atoms with van der Waals surface area (Å²) in [5.74, 6) is -0.0531. The van der Waals surface area contributed by atoms with Gasteiger partial charge in [-0.1, -0.05) is 19.3 Å². The monoisotopic (exact) mass is 282 g/mol. The van der Waals surface area contributed by atoms with Gasteiger partial charge in [0.05, 0.1) is 7.11 Å². The number of esters is 1. The molecule has 1 amide bonds. The topological polar surface area (TPSA) is 58.6 Å². The molecule has 5 heteroatoms. The molecule has 1 atom stereocenters. The van der Waals surface area contributed by atoms with Crippen LogP contribution in [0.1, 0.15) is 51.4 Å². The Kier molecular flexibility index (Phi) is 5.83. The fourth-order valence-corrected chi connectivity index (χ4v) is 3.29. The van der Waals surface area contributed by atoms with Crippen LogP contribution in [0.25, 0.3) is 0 Å². The molecule has 0 aromatic rings. The maximum absolute atomic E-state index is 12.0. The summed E-state index contributed by atoms with van der Waals surface area (Å²) in [5, 5.41) is 3.12. The predicted octanol–water partition coefficient (Wildman–Crippen LogP) is 1.46. The standard InChI is InChI=1S/C15H26N2O3/c1-20-15(19)13-8-5-10-17(13)11-9-14(18)16-12-6-3-2-4-7-12/h12-13H,2-11H2,1H3,(H,16,18). The number of rotatable bonds is 5. The molecule has 5 nitrogen and oxygen atoms in total. The third-order valence-electron chi connectivity index (χ3n) is 4.43.